The van der Waals surface area contributed by atoms with Gasteiger partial charge in [-0.25, -0.2) is 0 Å². The van der Waals surface area contributed by atoms with Gasteiger partial charge in [0, 0.05) is 17.3 Å². The molecule has 5 nitrogen and oxygen atoms in total. The minimum Gasteiger partial charge on any atom is -0.504 e. The predicted molar refractivity (Wildman–Crippen MR) is 83.3 cm³/mol. The Morgan fingerprint density at radius 2 is 1.81 bits per heavy atom. The molecular weight excluding hydrogens is 338 g/mol. The van der Waals surface area contributed by atoms with Gasteiger partial charge < -0.3 is 19.9 Å². The molecular formula is C15H14BrNO4. The molecule has 0 saturated carbocycles. The predicted octanol–water partition coefficient (Wildman–Crippen LogP) is 3.42. The average Bonchev–Trinajstić information content (AvgIpc) is 2.49. The van der Waals surface area contributed by atoms with Crippen LogP contribution in [0.1, 0.15) is 10.4 Å². The number of aromatic hydroxyl groups is 1. The summed E-state index contributed by atoms with van der Waals surface area (Å²) in [6, 6.07) is 9.68. The van der Waals surface area contributed by atoms with Crippen LogP contribution in [-0.2, 0) is 0 Å². The first-order valence-corrected chi connectivity index (χ1v) is 6.86. The van der Waals surface area contributed by atoms with Gasteiger partial charge in [-0.15, -0.1) is 0 Å². The molecule has 0 radical (unpaired) electrons. The summed E-state index contributed by atoms with van der Waals surface area (Å²) in [5, 5.41) is 12.4. The van der Waals surface area contributed by atoms with E-state index in [2.05, 4.69) is 21.2 Å². The molecule has 110 valence electrons. The Kier molecular flexibility index (Phi) is 4.70. The topological polar surface area (TPSA) is 67.8 Å². The van der Waals surface area contributed by atoms with Gasteiger partial charge in [-0.1, -0.05) is 0 Å². The number of phenolic OH excluding ortho intramolecular Hbond substituents is 1. The van der Waals surface area contributed by atoms with Gasteiger partial charge in [0.05, 0.1) is 18.7 Å². The summed E-state index contributed by atoms with van der Waals surface area (Å²) in [7, 11) is 3.00. The third-order valence-corrected chi connectivity index (χ3v) is 3.51. The number of amides is 1. The SMILES string of the molecule is COc1ccc(C(=O)Nc2ccc(Br)c(OC)c2)cc1O. The third kappa shape index (κ3) is 3.46. The van der Waals surface area contributed by atoms with Crippen molar-refractivity contribution in [3.05, 3.63) is 46.4 Å². The van der Waals surface area contributed by atoms with E-state index in [1.54, 1.807) is 31.4 Å². The fraction of sp³-hybridized carbons (Fsp3) is 0.133. The molecule has 1 amide bonds. The van der Waals surface area contributed by atoms with Crippen molar-refractivity contribution in [1.82, 2.24) is 0 Å². The van der Waals surface area contributed by atoms with Crippen molar-refractivity contribution in [3.63, 3.8) is 0 Å². The summed E-state index contributed by atoms with van der Waals surface area (Å²) in [5.74, 6) is 0.512. The van der Waals surface area contributed by atoms with Crippen LogP contribution in [0.5, 0.6) is 17.2 Å². The van der Waals surface area contributed by atoms with Crippen LogP contribution in [0.3, 0.4) is 0 Å². The Morgan fingerprint density at radius 1 is 1.10 bits per heavy atom. The zero-order valence-corrected chi connectivity index (χ0v) is 13.1. The summed E-state index contributed by atoms with van der Waals surface area (Å²) in [5.41, 5.74) is 0.922. The smallest absolute Gasteiger partial charge is 0.255 e. The average molecular weight is 352 g/mol. The molecule has 2 aromatic carbocycles. The van der Waals surface area contributed by atoms with Crippen molar-refractivity contribution in [2.75, 3.05) is 19.5 Å². The number of nitrogens with one attached hydrogen (secondary N) is 1. The van der Waals surface area contributed by atoms with E-state index in [0.717, 1.165) is 4.47 Å². The van der Waals surface area contributed by atoms with Crippen molar-refractivity contribution in [3.8, 4) is 17.2 Å². The molecule has 0 atom stereocenters. The van der Waals surface area contributed by atoms with Crippen LogP contribution < -0.4 is 14.8 Å². The van der Waals surface area contributed by atoms with E-state index >= 15 is 0 Å². The molecule has 6 heteroatoms. The molecule has 0 aliphatic carbocycles. The number of benzene rings is 2. The summed E-state index contributed by atoms with van der Waals surface area (Å²) in [4.78, 5) is 12.1. The van der Waals surface area contributed by atoms with E-state index < -0.39 is 0 Å². The lowest BCUT2D eigenvalue weighted by Gasteiger charge is -2.09. The van der Waals surface area contributed by atoms with Gasteiger partial charge in [0.15, 0.2) is 11.5 Å². The number of carbonyl (C=O) groups excluding carboxylic acids is 1. The monoisotopic (exact) mass is 351 g/mol. The minimum atomic E-state index is -0.336. The van der Waals surface area contributed by atoms with Gasteiger partial charge in [-0.3, -0.25) is 4.79 Å². The van der Waals surface area contributed by atoms with E-state index in [1.807, 2.05) is 0 Å². The minimum absolute atomic E-state index is 0.0847. The van der Waals surface area contributed by atoms with Gasteiger partial charge in [0.2, 0.25) is 0 Å². The summed E-state index contributed by atoms with van der Waals surface area (Å²) in [6.07, 6.45) is 0. The lowest BCUT2D eigenvalue weighted by atomic mass is 10.2. The first-order valence-electron chi connectivity index (χ1n) is 6.07. The van der Waals surface area contributed by atoms with E-state index in [0.29, 0.717) is 22.7 Å². The largest absolute Gasteiger partial charge is 0.504 e. The lowest BCUT2D eigenvalue weighted by molar-refractivity contribution is 0.102. The second-order valence-corrected chi connectivity index (χ2v) is 5.04. The van der Waals surface area contributed by atoms with Gasteiger partial charge in [0.1, 0.15) is 5.75 Å². The van der Waals surface area contributed by atoms with Crippen LogP contribution in [-0.4, -0.2) is 25.2 Å². The Morgan fingerprint density at radius 3 is 2.43 bits per heavy atom. The Bertz CT molecular complexity index is 673. The van der Waals surface area contributed by atoms with Crippen molar-refractivity contribution < 1.29 is 19.4 Å². The maximum atomic E-state index is 12.1. The number of phenols is 1. The van der Waals surface area contributed by atoms with Crippen LogP contribution in [0.25, 0.3) is 0 Å². The Labute approximate surface area is 130 Å². The van der Waals surface area contributed by atoms with Crippen molar-refractivity contribution >= 4 is 27.5 Å². The lowest BCUT2D eigenvalue weighted by Crippen LogP contribution is -2.11. The number of hydrogen-bond acceptors (Lipinski definition) is 4. The standard InChI is InChI=1S/C15H14BrNO4/c1-20-13-6-3-9(7-12(13)18)15(19)17-10-4-5-11(16)14(8-10)21-2/h3-8,18H,1-2H3,(H,17,19). The maximum Gasteiger partial charge on any atom is 0.255 e. The Balaban J connectivity index is 2.19. The number of methoxy groups -OCH3 is 2. The number of halogens is 1. The molecule has 0 saturated heterocycles. The van der Waals surface area contributed by atoms with E-state index in [-0.39, 0.29) is 11.7 Å². The number of hydrogen-bond donors (Lipinski definition) is 2. The molecule has 2 aromatic rings. The zero-order chi connectivity index (χ0) is 15.4. The molecule has 21 heavy (non-hydrogen) atoms. The summed E-state index contributed by atoms with van der Waals surface area (Å²) >= 11 is 3.34. The van der Waals surface area contributed by atoms with Gasteiger partial charge in [0.25, 0.3) is 5.91 Å². The van der Waals surface area contributed by atoms with Crippen LogP contribution in [0.4, 0.5) is 5.69 Å². The first kappa shape index (κ1) is 15.2. The normalized spacial score (nSPS) is 10.0. The fourth-order valence-corrected chi connectivity index (χ4v) is 2.18. The molecule has 0 aliphatic rings. The second kappa shape index (κ2) is 6.49. The van der Waals surface area contributed by atoms with E-state index in [9.17, 15) is 9.90 Å². The molecule has 0 aromatic heterocycles. The molecule has 0 heterocycles. The molecule has 0 unspecified atom stereocenters. The van der Waals surface area contributed by atoms with Gasteiger partial charge in [-0.2, -0.15) is 0 Å². The fourth-order valence-electron chi connectivity index (χ4n) is 1.77. The highest BCUT2D eigenvalue weighted by Crippen LogP contribution is 2.29. The van der Waals surface area contributed by atoms with Crippen LogP contribution in [0, 0.1) is 0 Å². The molecule has 2 N–H and O–H groups in total. The molecule has 0 bridgehead atoms. The van der Waals surface area contributed by atoms with Crippen molar-refractivity contribution in [2.24, 2.45) is 0 Å². The number of anilines is 1. The number of carbonyl (C=O) groups is 1. The zero-order valence-electron chi connectivity index (χ0n) is 11.5. The van der Waals surface area contributed by atoms with Crippen molar-refractivity contribution in [2.45, 2.75) is 0 Å². The quantitative estimate of drug-likeness (QED) is 0.885. The first-order chi connectivity index (χ1) is 10.0. The van der Waals surface area contributed by atoms with E-state index in [4.69, 9.17) is 9.47 Å². The summed E-state index contributed by atoms with van der Waals surface area (Å²) < 4.78 is 10.9. The summed E-state index contributed by atoms with van der Waals surface area (Å²) in [6.45, 7) is 0. The van der Waals surface area contributed by atoms with Crippen LogP contribution in [0.15, 0.2) is 40.9 Å². The molecule has 0 spiro atoms. The highest BCUT2D eigenvalue weighted by molar-refractivity contribution is 9.10. The van der Waals surface area contributed by atoms with Gasteiger partial charge in [-0.05, 0) is 46.3 Å². The molecule has 0 aliphatic heterocycles. The number of ether oxygens (including phenoxy) is 2. The molecule has 2 rings (SSSR count). The Hall–Kier alpha value is -2.21. The van der Waals surface area contributed by atoms with Gasteiger partial charge >= 0.3 is 0 Å². The van der Waals surface area contributed by atoms with Crippen LogP contribution >= 0.6 is 15.9 Å². The molecule has 0 fully saturated rings. The van der Waals surface area contributed by atoms with Crippen LogP contribution in [0.2, 0.25) is 0 Å². The maximum absolute atomic E-state index is 12.1. The number of rotatable bonds is 4. The van der Waals surface area contributed by atoms with Crippen molar-refractivity contribution in [1.29, 1.82) is 0 Å². The second-order valence-electron chi connectivity index (χ2n) is 4.19. The highest BCUT2D eigenvalue weighted by atomic mass is 79.9. The van der Waals surface area contributed by atoms with E-state index in [1.165, 1.54) is 19.2 Å². The highest BCUT2D eigenvalue weighted by Gasteiger charge is 2.11. The third-order valence-electron chi connectivity index (χ3n) is 2.85.